The van der Waals surface area contributed by atoms with Crippen LogP contribution in [0.1, 0.15) is 278 Å². The molecule has 0 saturated heterocycles. The summed E-state index contributed by atoms with van der Waals surface area (Å²) in [5, 5.41) is 0. The molecule has 0 aliphatic rings. The molecule has 1 atom stereocenters. The summed E-state index contributed by atoms with van der Waals surface area (Å²) in [6.07, 6.45) is 90.2. The van der Waals surface area contributed by atoms with Crippen LogP contribution in [0.4, 0.5) is 0 Å². The van der Waals surface area contributed by atoms with Crippen molar-refractivity contribution in [1.29, 1.82) is 0 Å². The van der Waals surface area contributed by atoms with Gasteiger partial charge in [-0.3, -0.25) is 14.4 Å². The molecule has 0 aromatic rings. The average Bonchev–Trinajstić information content (AvgIpc) is 3.43. The number of carbonyl (C=O) groups excluding carboxylic acids is 3. The molecule has 77 heavy (non-hydrogen) atoms. The first-order valence-electron chi connectivity index (χ1n) is 31.7. The summed E-state index contributed by atoms with van der Waals surface area (Å²) in [6.45, 7) is 6.38. The van der Waals surface area contributed by atoms with Gasteiger partial charge < -0.3 is 14.2 Å². The highest BCUT2D eigenvalue weighted by molar-refractivity contribution is 5.71. The quantitative estimate of drug-likeness (QED) is 0.0261. The molecule has 0 saturated carbocycles. The molecule has 1 unspecified atom stereocenters. The van der Waals surface area contributed by atoms with Gasteiger partial charge in [-0.05, 0) is 116 Å². The van der Waals surface area contributed by atoms with Crippen LogP contribution in [0.15, 0.2) is 134 Å². The number of esters is 3. The fourth-order valence-electron chi connectivity index (χ4n) is 8.47. The number of hydrogen-bond donors (Lipinski definition) is 0. The molecule has 6 nitrogen and oxygen atoms in total. The van der Waals surface area contributed by atoms with E-state index in [0.717, 1.165) is 128 Å². The lowest BCUT2D eigenvalue weighted by molar-refractivity contribution is -0.167. The SMILES string of the molecule is CC/C=C\C/C=C\C/C=C\C/C=C\C/C=C\C/C=C\C/C=C\C/C=C\CCCCC(=O)OCC(COC(=O)CCCCCCCCCCCCCCCCC)OC(=O)CCCCCCCCC/C=C\C/C=C\C/C=C\CC. The number of ether oxygens (including phenoxy) is 3. The van der Waals surface area contributed by atoms with Crippen molar-refractivity contribution in [2.24, 2.45) is 0 Å². The van der Waals surface area contributed by atoms with E-state index in [0.29, 0.717) is 25.7 Å². The lowest BCUT2D eigenvalue weighted by atomic mass is 10.0. The molecule has 0 radical (unpaired) electrons. The van der Waals surface area contributed by atoms with Crippen molar-refractivity contribution >= 4 is 17.9 Å². The molecule has 0 rings (SSSR count). The van der Waals surface area contributed by atoms with Gasteiger partial charge in [-0.1, -0.05) is 276 Å². The van der Waals surface area contributed by atoms with E-state index >= 15 is 0 Å². The lowest BCUT2D eigenvalue weighted by Gasteiger charge is -2.18. The maximum atomic E-state index is 12.9. The van der Waals surface area contributed by atoms with Crippen molar-refractivity contribution in [3.63, 3.8) is 0 Å². The standard InChI is InChI=1S/C71H116O6/c1-4-7-10-13-16-19-22-25-28-30-31-32-33-34-35-36-37-38-39-41-43-46-49-52-55-58-61-64-70(73)76-67-68(66-75-69(72)63-60-57-54-51-48-45-42-27-24-21-18-15-12-9-6-3)77-71(74)65-62-59-56-53-50-47-44-40-29-26-23-20-17-14-11-8-5-2/h7-8,10-11,16-17,19-20,25-26,28-29,31-32,34-35,37-38,41,43,49,52,68H,4-6,9,12-15,18,21-24,27,30,33,36,39-40,42,44-48,50-51,53-67H2,1-3H3/b10-7-,11-8-,19-16-,20-17-,28-25-,29-26-,32-31-,35-34-,38-37-,43-41-,52-49-. The zero-order valence-corrected chi connectivity index (χ0v) is 49.9. The minimum absolute atomic E-state index is 0.0975. The molecule has 0 aromatic carbocycles. The first-order chi connectivity index (χ1) is 38.0. The molecule has 0 heterocycles. The summed E-state index contributed by atoms with van der Waals surface area (Å²) in [7, 11) is 0. The van der Waals surface area contributed by atoms with Crippen molar-refractivity contribution in [2.45, 2.75) is 284 Å². The minimum atomic E-state index is -0.806. The second kappa shape index (κ2) is 64.1. The highest BCUT2D eigenvalue weighted by Gasteiger charge is 2.19. The molecule has 0 fully saturated rings. The predicted octanol–water partition coefficient (Wildman–Crippen LogP) is 21.8. The summed E-state index contributed by atoms with van der Waals surface area (Å²) in [5.74, 6) is -0.950. The molecule has 0 amide bonds. The number of rotatable bonds is 56. The Kier molecular flexibility index (Phi) is 60.4. The monoisotopic (exact) mass is 1060 g/mol. The van der Waals surface area contributed by atoms with Gasteiger partial charge in [0.2, 0.25) is 0 Å². The van der Waals surface area contributed by atoms with Crippen molar-refractivity contribution in [3.8, 4) is 0 Å². The van der Waals surface area contributed by atoms with Gasteiger partial charge in [-0.15, -0.1) is 0 Å². The Morgan fingerprint density at radius 3 is 0.818 bits per heavy atom. The van der Waals surface area contributed by atoms with E-state index in [1.807, 2.05) is 0 Å². The Morgan fingerprint density at radius 1 is 0.273 bits per heavy atom. The van der Waals surface area contributed by atoms with Crippen molar-refractivity contribution < 1.29 is 28.6 Å². The summed E-state index contributed by atoms with van der Waals surface area (Å²) in [5.41, 5.74) is 0. The van der Waals surface area contributed by atoms with E-state index in [1.165, 1.54) is 103 Å². The van der Waals surface area contributed by atoms with E-state index in [9.17, 15) is 14.4 Å². The topological polar surface area (TPSA) is 78.9 Å². The Morgan fingerprint density at radius 2 is 0.506 bits per heavy atom. The fraction of sp³-hybridized carbons (Fsp3) is 0.648. The Hall–Kier alpha value is -4.45. The van der Waals surface area contributed by atoms with Crippen molar-refractivity contribution in [2.75, 3.05) is 13.2 Å². The summed E-state index contributed by atoms with van der Waals surface area (Å²) < 4.78 is 16.9. The van der Waals surface area contributed by atoms with E-state index < -0.39 is 6.10 Å². The Labute approximate surface area is 475 Å². The van der Waals surface area contributed by atoms with E-state index in [2.05, 4.69) is 154 Å². The first kappa shape index (κ1) is 72.5. The zero-order valence-electron chi connectivity index (χ0n) is 49.9. The maximum absolute atomic E-state index is 12.9. The number of allylic oxidation sites excluding steroid dienone is 22. The molecular formula is C71H116O6. The van der Waals surface area contributed by atoms with Crippen LogP contribution in [-0.4, -0.2) is 37.2 Å². The first-order valence-corrected chi connectivity index (χ1v) is 31.7. The number of carbonyl (C=O) groups is 3. The molecular weight excluding hydrogens is 949 g/mol. The Balaban J connectivity index is 4.46. The van der Waals surface area contributed by atoms with Gasteiger partial charge in [-0.2, -0.15) is 0 Å². The van der Waals surface area contributed by atoms with Gasteiger partial charge in [0.25, 0.3) is 0 Å². The summed E-state index contributed by atoms with van der Waals surface area (Å²) >= 11 is 0. The second-order valence-corrected chi connectivity index (χ2v) is 20.6. The minimum Gasteiger partial charge on any atom is -0.462 e. The van der Waals surface area contributed by atoms with Crippen LogP contribution in [0.5, 0.6) is 0 Å². The third-order valence-electron chi connectivity index (χ3n) is 13.2. The van der Waals surface area contributed by atoms with Gasteiger partial charge in [0.15, 0.2) is 6.10 Å². The van der Waals surface area contributed by atoms with Gasteiger partial charge in [0.1, 0.15) is 13.2 Å². The molecule has 0 aromatic heterocycles. The number of unbranched alkanes of at least 4 members (excludes halogenated alkanes) is 23. The van der Waals surface area contributed by atoms with Gasteiger partial charge in [-0.25, -0.2) is 0 Å². The van der Waals surface area contributed by atoms with Crippen molar-refractivity contribution in [1.82, 2.24) is 0 Å². The Bertz CT molecular complexity index is 1650. The van der Waals surface area contributed by atoms with Crippen LogP contribution in [0.2, 0.25) is 0 Å². The highest BCUT2D eigenvalue weighted by atomic mass is 16.6. The molecule has 436 valence electrons. The molecule has 0 bridgehead atoms. The van der Waals surface area contributed by atoms with Crippen LogP contribution < -0.4 is 0 Å². The third-order valence-corrected chi connectivity index (χ3v) is 13.2. The van der Waals surface area contributed by atoms with E-state index in [-0.39, 0.29) is 31.1 Å². The smallest absolute Gasteiger partial charge is 0.306 e. The largest absolute Gasteiger partial charge is 0.462 e. The molecule has 6 heteroatoms. The highest BCUT2D eigenvalue weighted by Crippen LogP contribution is 2.16. The van der Waals surface area contributed by atoms with Gasteiger partial charge in [0, 0.05) is 19.3 Å². The van der Waals surface area contributed by atoms with Crippen LogP contribution in [0, 0.1) is 0 Å². The van der Waals surface area contributed by atoms with Crippen LogP contribution in [0.3, 0.4) is 0 Å². The third kappa shape index (κ3) is 62.3. The van der Waals surface area contributed by atoms with E-state index in [1.54, 1.807) is 0 Å². The molecule has 0 spiro atoms. The number of hydrogen-bond acceptors (Lipinski definition) is 6. The van der Waals surface area contributed by atoms with Crippen LogP contribution in [0.25, 0.3) is 0 Å². The van der Waals surface area contributed by atoms with E-state index in [4.69, 9.17) is 14.2 Å². The molecule has 0 aliphatic heterocycles. The van der Waals surface area contributed by atoms with Crippen molar-refractivity contribution in [3.05, 3.63) is 134 Å². The van der Waals surface area contributed by atoms with Gasteiger partial charge in [0.05, 0.1) is 0 Å². The van der Waals surface area contributed by atoms with Gasteiger partial charge >= 0.3 is 17.9 Å². The average molecular weight is 1070 g/mol. The molecule has 0 N–H and O–H groups in total. The summed E-state index contributed by atoms with van der Waals surface area (Å²) in [6, 6.07) is 0. The van der Waals surface area contributed by atoms with Crippen LogP contribution >= 0.6 is 0 Å². The lowest BCUT2D eigenvalue weighted by Crippen LogP contribution is -2.30. The fourth-order valence-corrected chi connectivity index (χ4v) is 8.47. The molecule has 0 aliphatic carbocycles. The second-order valence-electron chi connectivity index (χ2n) is 20.6. The maximum Gasteiger partial charge on any atom is 0.306 e. The van der Waals surface area contributed by atoms with Crippen LogP contribution in [-0.2, 0) is 28.6 Å². The normalized spacial score (nSPS) is 13.0. The summed E-state index contributed by atoms with van der Waals surface area (Å²) in [4.78, 5) is 38.3. The predicted molar refractivity (Wildman–Crippen MR) is 334 cm³/mol. The zero-order chi connectivity index (χ0) is 55.7.